The number of halogens is 1. The standard InChI is InChI=1S/C20H17ClN2OS/c1-2-15-10-6-7-11-17(15)22-20-23-19(24)18(25-20)13-16(21)12-14-8-4-3-5-9-14/h3-13H,2H2,1H3,(H,22,23,24)/b16-12-,18-13-. The van der Waals surface area contributed by atoms with Crippen molar-refractivity contribution in [1.82, 2.24) is 5.32 Å². The normalized spacial score (nSPS) is 18.0. The highest BCUT2D eigenvalue weighted by molar-refractivity contribution is 8.18. The minimum Gasteiger partial charge on any atom is -0.300 e. The molecular weight excluding hydrogens is 352 g/mol. The van der Waals surface area contributed by atoms with Crippen molar-refractivity contribution in [3.05, 3.63) is 81.7 Å². The number of aryl methyl sites for hydroxylation is 1. The van der Waals surface area contributed by atoms with Crippen LogP contribution in [0.15, 0.2) is 75.6 Å². The molecule has 0 bridgehead atoms. The van der Waals surface area contributed by atoms with Gasteiger partial charge in [0.1, 0.15) is 0 Å². The molecule has 0 radical (unpaired) electrons. The molecule has 3 nitrogen and oxygen atoms in total. The summed E-state index contributed by atoms with van der Waals surface area (Å²) in [5.41, 5.74) is 3.00. The summed E-state index contributed by atoms with van der Waals surface area (Å²) in [4.78, 5) is 17.2. The van der Waals surface area contributed by atoms with Crippen LogP contribution in [0, 0.1) is 0 Å². The summed E-state index contributed by atoms with van der Waals surface area (Å²) >= 11 is 7.56. The number of amidine groups is 1. The summed E-state index contributed by atoms with van der Waals surface area (Å²) in [5, 5.41) is 3.86. The Labute approximate surface area is 156 Å². The van der Waals surface area contributed by atoms with Crippen molar-refractivity contribution in [2.24, 2.45) is 4.99 Å². The lowest BCUT2D eigenvalue weighted by Crippen LogP contribution is -2.19. The maximum Gasteiger partial charge on any atom is 0.264 e. The van der Waals surface area contributed by atoms with E-state index in [0.29, 0.717) is 15.1 Å². The highest BCUT2D eigenvalue weighted by atomic mass is 35.5. The van der Waals surface area contributed by atoms with Gasteiger partial charge in [-0.2, -0.15) is 0 Å². The summed E-state index contributed by atoms with van der Waals surface area (Å²) in [6, 6.07) is 17.7. The zero-order valence-electron chi connectivity index (χ0n) is 13.7. The lowest BCUT2D eigenvalue weighted by molar-refractivity contribution is -0.115. The summed E-state index contributed by atoms with van der Waals surface area (Å²) in [6.07, 6.45) is 4.38. The number of para-hydroxylation sites is 1. The third kappa shape index (κ3) is 4.62. The van der Waals surface area contributed by atoms with E-state index >= 15 is 0 Å². The van der Waals surface area contributed by atoms with E-state index in [0.717, 1.165) is 23.2 Å². The maximum absolute atomic E-state index is 12.2. The molecule has 0 atom stereocenters. The van der Waals surface area contributed by atoms with Crippen LogP contribution in [-0.2, 0) is 11.2 Å². The lowest BCUT2D eigenvalue weighted by atomic mass is 10.1. The molecule has 2 aromatic rings. The second-order valence-corrected chi connectivity index (χ2v) is 6.87. The highest BCUT2D eigenvalue weighted by Crippen LogP contribution is 2.29. The first-order chi connectivity index (χ1) is 12.2. The van der Waals surface area contributed by atoms with Gasteiger partial charge in [0.25, 0.3) is 5.91 Å². The molecule has 1 aliphatic heterocycles. The molecule has 1 fully saturated rings. The third-order valence-corrected chi connectivity index (χ3v) is 4.75. The fourth-order valence-electron chi connectivity index (χ4n) is 2.38. The third-order valence-electron chi connectivity index (χ3n) is 3.62. The zero-order valence-corrected chi connectivity index (χ0v) is 15.3. The van der Waals surface area contributed by atoms with E-state index in [1.807, 2.05) is 60.7 Å². The number of carbonyl (C=O) groups excluding carboxylic acids is 1. The highest BCUT2D eigenvalue weighted by Gasteiger charge is 2.24. The summed E-state index contributed by atoms with van der Waals surface area (Å²) in [5.74, 6) is -0.183. The Balaban J connectivity index is 1.80. The zero-order chi connectivity index (χ0) is 17.6. The second-order valence-electron chi connectivity index (χ2n) is 5.40. The number of thioether (sulfide) groups is 1. The number of nitrogens with zero attached hydrogens (tertiary/aromatic N) is 1. The van der Waals surface area contributed by atoms with Crippen LogP contribution in [0.5, 0.6) is 0 Å². The molecule has 0 aromatic heterocycles. The quantitative estimate of drug-likeness (QED) is 0.747. The molecule has 25 heavy (non-hydrogen) atoms. The van der Waals surface area contributed by atoms with Gasteiger partial charge in [0.05, 0.1) is 10.6 Å². The Hall–Kier alpha value is -2.30. The Morgan fingerprint density at radius 2 is 1.88 bits per heavy atom. The van der Waals surface area contributed by atoms with Crippen molar-refractivity contribution >= 4 is 46.2 Å². The van der Waals surface area contributed by atoms with Crippen molar-refractivity contribution in [3.63, 3.8) is 0 Å². The van der Waals surface area contributed by atoms with E-state index in [1.165, 1.54) is 11.8 Å². The number of rotatable bonds is 4. The van der Waals surface area contributed by atoms with Gasteiger partial charge in [0, 0.05) is 5.03 Å². The predicted molar refractivity (Wildman–Crippen MR) is 107 cm³/mol. The first-order valence-electron chi connectivity index (χ1n) is 7.95. The lowest BCUT2D eigenvalue weighted by Gasteiger charge is -2.02. The average molecular weight is 369 g/mol. The molecule has 1 heterocycles. The van der Waals surface area contributed by atoms with Gasteiger partial charge in [-0.3, -0.25) is 4.79 Å². The fourth-order valence-corrected chi connectivity index (χ4v) is 3.51. The molecular formula is C20H17ClN2OS. The van der Waals surface area contributed by atoms with Crippen molar-refractivity contribution in [2.45, 2.75) is 13.3 Å². The van der Waals surface area contributed by atoms with Gasteiger partial charge in [0.2, 0.25) is 0 Å². The summed E-state index contributed by atoms with van der Waals surface area (Å²) in [6.45, 7) is 2.08. The van der Waals surface area contributed by atoms with Gasteiger partial charge < -0.3 is 5.32 Å². The molecule has 2 aromatic carbocycles. The summed E-state index contributed by atoms with van der Waals surface area (Å²) < 4.78 is 0. The molecule has 0 spiro atoms. The molecule has 126 valence electrons. The molecule has 3 rings (SSSR count). The van der Waals surface area contributed by atoms with Crippen LogP contribution >= 0.6 is 23.4 Å². The Morgan fingerprint density at radius 3 is 2.64 bits per heavy atom. The number of allylic oxidation sites excluding steroid dienone is 2. The largest absolute Gasteiger partial charge is 0.300 e. The minimum absolute atomic E-state index is 0.183. The van der Waals surface area contributed by atoms with Crippen LogP contribution in [0.25, 0.3) is 6.08 Å². The van der Waals surface area contributed by atoms with Crippen LogP contribution in [0.3, 0.4) is 0 Å². The van der Waals surface area contributed by atoms with Gasteiger partial charge in [0.15, 0.2) is 5.17 Å². The van der Waals surface area contributed by atoms with Crippen molar-refractivity contribution in [1.29, 1.82) is 0 Å². The van der Waals surface area contributed by atoms with Crippen LogP contribution in [-0.4, -0.2) is 11.1 Å². The van der Waals surface area contributed by atoms with E-state index in [2.05, 4.69) is 17.2 Å². The van der Waals surface area contributed by atoms with Crippen molar-refractivity contribution in [2.75, 3.05) is 0 Å². The van der Waals surface area contributed by atoms with Crippen LogP contribution < -0.4 is 5.32 Å². The van der Waals surface area contributed by atoms with Crippen LogP contribution in [0.1, 0.15) is 18.1 Å². The first-order valence-corrected chi connectivity index (χ1v) is 9.15. The second kappa shape index (κ2) is 8.19. The van der Waals surface area contributed by atoms with Gasteiger partial charge >= 0.3 is 0 Å². The molecule has 1 amide bonds. The smallest absolute Gasteiger partial charge is 0.264 e. The predicted octanol–water partition coefficient (Wildman–Crippen LogP) is 5.26. The number of hydrogen-bond donors (Lipinski definition) is 1. The van der Waals surface area contributed by atoms with E-state index < -0.39 is 0 Å². The number of aliphatic imine (C=N–C) groups is 1. The fraction of sp³-hybridized carbons (Fsp3) is 0.100. The van der Waals surface area contributed by atoms with Crippen molar-refractivity contribution < 1.29 is 4.79 Å². The molecule has 1 N–H and O–H groups in total. The first kappa shape index (κ1) is 17.5. The molecule has 0 saturated carbocycles. The molecule has 0 unspecified atom stereocenters. The van der Waals surface area contributed by atoms with E-state index in [9.17, 15) is 4.79 Å². The van der Waals surface area contributed by atoms with Crippen LogP contribution in [0.2, 0.25) is 0 Å². The van der Waals surface area contributed by atoms with E-state index in [1.54, 1.807) is 6.08 Å². The molecule has 1 aliphatic rings. The Morgan fingerprint density at radius 1 is 1.16 bits per heavy atom. The Bertz CT molecular complexity index is 872. The number of benzene rings is 2. The topological polar surface area (TPSA) is 41.5 Å². The Kier molecular flexibility index (Phi) is 5.74. The molecule has 1 saturated heterocycles. The van der Waals surface area contributed by atoms with Crippen molar-refractivity contribution in [3.8, 4) is 0 Å². The maximum atomic E-state index is 12.2. The summed E-state index contributed by atoms with van der Waals surface area (Å²) in [7, 11) is 0. The monoisotopic (exact) mass is 368 g/mol. The van der Waals surface area contributed by atoms with E-state index in [4.69, 9.17) is 11.6 Å². The number of amides is 1. The van der Waals surface area contributed by atoms with Gasteiger partial charge in [-0.1, -0.05) is 67.1 Å². The molecule has 0 aliphatic carbocycles. The van der Waals surface area contributed by atoms with Gasteiger partial charge in [-0.15, -0.1) is 0 Å². The van der Waals surface area contributed by atoms with Crippen LogP contribution in [0.4, 0.5) is 5.69 Å². The number of hydrogen-bond acceptors (Lipinski definition) is 3. The molecule has 5 heteroatoms. The van der Waals surface area contributed by atoms with Gasteiger partial charge in [-0.25, -0.2) is 4.99 Å². The number of carbonyl (C=O) groups is 1. The minimum atomic E-state index is -0.183. The SMILES string of the molecule is CCc1ccccc1N=C1NC(=O)/C(=C/C(Cl)=C/c2ccccc2)S1. The van der Waals surface area contributed by atoms with Gasteiger partial charge in [-0.05, 0) is 47.5 Å². The average Bonchev–Trinajstić information content (AvgIpc) is 2.95. The van der Waals surface area contributed by atoms with E-state index in [-0.39, 0.29) is 5.91 Å². The number of nitrogens with one attached hydrogen (secondary N) is 1.